The summed E-state index contributed by atoms with van der Waals surface area (Å²) in [5.74, 6) is 0.142. The quantitative estimate of drug-likeness (QED) is 0.508. The van der Waals surface area contributed by atoms with Gasteiger partial charge in [0.25, 0.3) is 11.6 Å². The molecule has 1 aromatic carbocycles. The molecule has 5 nitrogen and oxygen atoms in total. The van der Waals surface area contributed by atoms with E-state index in [0.717, 1.165) is 0 Å². The van der Waals surface area contributed by atoms with Gasteiger partial charge in [-0.05, 0) is 25.8 Å². The first-order valence-electron chi connectivity index (χ1n) is 5.57. The van der Waals surface area contributed by atoms with Gasteiger partial charge in [-0.3, -0.25) is 14.9 Å². The van der Waals surface area contributed by atoms with Gasteiger partial charge in [0.2, 0.25) is 0 Å². The molecule has 0 aliphatic heterocycles. The highest BCUT2D eigenvalue weighted by Crippen LogP contribution is 2.17. The van der Waals surface area contributed by atoms with Gasteiger partial charge in [0.05, 0.1) is 4.92 Å². The third-order valence-corrected chi connectivity index (χ3v) is 2.81. The van der Waals surface area contributed by atoms with E-state index in [2.05, 4.69) is 5.32 Å². The van der Waals surface area contributed by atoms with Crippen LogP contribution in [0.3, 0.4) is 0 Å². The summed E-state index contributed by atoms with van der Waals surface area (Å²) in [4.78, 5) is 22.1. The van der Waals surface area contributed by atoms with E-state index in [1.807, 2.05) is 6.92 Å². The monoisotopic (exact) mass is 270 g/mol. The Morgan fingerprint density at radius 2 is 2.22 bits per heavy atom. The maximum atomic E-state index is 11.9. The lowest BCUT2D eigenvalue weighted by Gasteiger charge is -2.13. The Labute approximate surface area is 110 Å². The highest BCUT2D eigenvalue weighted by molar-refractivity contribution is 6.17. The zero-order valence-electron chi connectivity index (χ0n) is 10.3. The molecule has 1 amide bonds. The van der Waals surface area contributed by atoms with Gasteiger partial charge in [-0.1, -0.05) is 6.07 Å². The van der Waals surface area contributed by atoms with E-state index >= 15 is 0 Å². The van der Waals surface area contributed by atoms with Crippen LogP contribution in [0.15, 0.2) is 18.2 Å². The number of amides is 1. The molecule has 0 radical (unpaired) electrons. The topological polar surface area (TPSA) is 72.2 Å². The molecule has 1 atom stereocenters. The van der Waals surface area contributed by atoms with Crippen molar-refractivity contribution < 1.29 is 9.72 Å². The van der Waals surface area contributed by atoms with Gasteiger partial charge in [-0.25, -0.2) is 0 Å². The number of non-ortho nitro benzene ring substituents is 1. The number of nitrogens with zero attached hydrogens (tertiary/aromatic N) is 1. The van der Waals surface area contributed by atoms with E-state index in [1.165, 1.54) is 12.1 Å². The summed E-state index contributed by atoms with van der Waals surface area (Å²) in [6, 6.07) is 4.18. The highest BCUT2D eigenvalue weighted by Gasteiger charge is 2.15. The Morgan fingerprint density at radius 3 is 2.78 bits per heavy atom. The first-order valence-corrected chi connectivity index (χ1v) is 6.11. The number of hydrogen-bond donors (Lipinski definition) is 1. The van der Waals surface area contributed by atoms with Crippen LogP contribution in [0, 0.1) is 17.0 Å². The van der Waals surface area contributed by atoms with Crippen LogP contribution < -0.4 is 5.32 Å². The maximum absolute atomic E-state index is 11.9. The van der Waals surface area contributed by atoms with Gasteiger partial charge in [0, 0.05) is 29.6 Å². The van der Waals surface area contributed by atoms with Crippen LogP contribution in [0.2, 0.25) is 0 Å². The molecule has 0 saturated carbocycles. The Morgan fingerprint density at radius 1 is 1.56 bits per heavy atom. The minimum atomic E-state index is -0.515. The van der Waals surface area contributed by atoms with Crippen molar-refractivity contribution >= 4 is 23.2 Å². The number of halogens is 1. The van der Waals surface area contributed by atoms with E-state index in [1.54, 1.807) is 13.0 Å². The number of hydrogen-bond acceptors (Lipinski definition) is 3. The molecule has 1 rings (SSSR count). The molecule has 98 valence electrons. The number of carbonyl (C=O) groups excluding carboxylic acids is 1. The van der Waals surface area contributed by atoms with Crippen molar-refractivity contribution in [1.82, 2.24) is 5.32 Å². The van der Waals surface area contributed by atoms with Crippen LogP contribution in [0.4, 0.5) is 5.69 Å². The van der Waals surface area contributed by atoms with Crippen LogP contribution in [-0.2, 0) is 0 Å². The van der Waals surface area contributed by atoms with Crippen molar-refractivity contribution in [2.45, 2.75) is 26.3 Å². The fourth-order valence-corrected chi connectivity index (χ4v) is 1.83. The minimum Gasteiger partial charge on any atom is -0.350 e. The largest absolute Gasteiger partial charge is 0.350 e. The number of nitro groups is 1. The second-order valence-corrected chi connectivity index (χ2v) is 4.49. The molecule has 0 saturated heterocycles. The molecular weight excluding hydrogens is 256 g/mol. The van der Waals surface area contributed by atoms with E-state index in [0.29, 0.717) is 23.4 Å². The molecule has 1 aromatic rings. The summed E-state index contributed by atoms with van der Waals surface area (Å²) in [5, 5.41) is 13.4. The molecule has 0 aliphatic carbocycles. The van der Waals surface area contributed by atoms with Crippen LogP contribution in [0.1, 0.15) is 29.3 Å². The smallest absolute Gasteiger partial charge is 0.270 e. The standard InChI is InChI=1S/C12H15ClN2O3/c1-8-3-4-10(15(17)18)7-11(8)12(16)14-9(2)5-6-13/h3-4,7,9H,5-6H2,1-2H3,(H,14,16). The SMILES string of the molecule is Cc1ccc([N+](=O)[O-])cc1C(=O)NC(C)CCCl. The average molecular weight is 271 g/mol. The van der Waals surface area contributed by atoms with E-state index < -0.39 is 4.92 Å². The summed E-state index contributed by atoms with van der Waals surface area (Å²) < 4.78 is 0. The lowest BCUT2D eigenvalue weighted by Crippen LogP contribution is -2.33. The molecule has 0 bridgehead atoms. The number of benzene rings is 1. The van der Waals surface area contributed by atoms with Crippen LogP contribution >= 0.6 is 11.6 Å². The molecule has 0 fully saturated rings. The van der Waals surface area contributed by atoms with Crippen LogP contribution in [0.5, 0.6) is 0 Å². The lowest BCUT2D eigenvalue weighted by molar-refractivity contribution is -0.384. The number of carbonyl (C=O) groups is 1. The Balaban J connectivity index is 2.91. The summed E-state index contributed by atoms with van der Waals surface area (Å²) in [6.45, 7) is 3.58. The first-order chi connectivity index (χ1) is 8.45. The van der Waals surface area contributed by atoms with Crippen LogP contribution in [-0.4, -0.2) is 22.8 Å². The second kappa shape index (κ2) is 6.35. The summed E-state index contributed by atoms with van der Waals surface area (Å²) in [6.07, 6.45) is 0.654. The van der Waals surface area contributed by atoms with Gasteiger partial charge in [-0.15, -0.1) is 11.6 Å². The Bertz CT molecular complexity index is 463. The van der Waals surface area contributed by atoms with Crippen molar-refractivity contribution in [3.8, 4) is 0 Å². The summed E-state index contributed by atoms with van der Waals surface area (Å²) >= 11 is 5.58. The van der Waals surface area contributed by atoms with Crippen molar-refractivity contribution in [3.05, 3.63) is 39.4 Å². The molecule has 0 heterocycles. The Hall–Kier alpha value is -1.62. The fourth-order valence-electron chi connectivity index (χ4n) is 1.51. The fraction of sp³-hybridized carbons (Fsp3) is 0.417. The number of aryl methyl sites for hydroxylation is 1. The number of nitro benzene ring substituents is 1. The third kappa shape index (κ3) is 3.70. The number of alkyl halides is 1. The molecule has 0 aliphatic rings. The third-order valence-electron chi connectivity index (χ3n) is 2.60. The zero-order valence-corrected chi connectivity index (χ0v) is 11.0. The minimum absolute atomic E-state index is 0.0614. The summed E-state index contributed by atoms with van der Waals surface area (Å²) in [5.41, 5.74) is 0.942. The van der Waals surface area contributed by atoms with Crippen LogP contribution in [0.25, 0.3) is 0 Å². The van der Waals surface area contributed by atoms with E-state index in [9.17, 15) is 14.9 Å². The van der Waals surface area contributed by atoms with E-state index in [4.69, 9.17) is 11.6 Å². The maximum Gasteiger partial charge on any atom is 0.270 e. The Kier molecular flexibility index (Phi) is 5.09. The molecule has 1 unspecified atom stereocenters. The van der Waals surface area contributed by atoms with Gasteiger partial charge in [0.15, 0.2) is 0 Å². The predicted molar refractivity (Wildman–Crippen MR) is 70.1 cm³/mol. The molecule has 1 N–H and O–H groups in total. The van der Waals surface area contributed by atoms with Gasteiger partial charge in [0.1, 0.15) is 0 Å². The molecule has 0 aromatic heterocycles. The molecule has 18 heavy (non-hydrogen) atoms. The average Bonchev–Trinajstić information content (AvgIpc) is 2.29. The molecule has 0 spiro atoms. The van der Waals surface area contributed by atoms with Crippen molar-refractivity contribution in [2.75, 3.05) is 5.88 Å². The number of nitrogens with one attached hydrogen (secondary N) is 1. The second-order valence-electron chi connectivity index (χ2n) is 4.11. The van der Waals surface area contributed by atoms with Gasteiger partial charge < -0.3 is 5.32 Å². The normalized spacial score (nSPS) is 11.9. The summed E-state index contributed by atoms with van der Waals surface area (Å²) in [7, 11) is 0. The van der Waals surface area contributed by atoms with Gasteiger partial charge >= 0.3 is 0 Å². The number of rotatable bonds is 5. The highest BCUT2D eigenvalue weighted by atomic mass is 35.5. The zero-order chi connectivity index (χ0) is 13.7. The first kappa shape index (κ1) is 14.4. The van der Waals surface area contributed by atoms with Crippen molar-refractivity contribution in [1.29, 1.82) is 0 Å². The van der Waals surface area contributed by atoms with E-state index in [-0.39, 0.29) is 17.6 Å². The molecule has 6 heteroatoms. The van der Waals surface area contributed by atoms with Crippen molar-refractivity contribution in [2.24, 2.45) is 0 Å². The van der Waals surface area contributed by atoms with Crippen molar-refractivity contribution in [3.63, 3.8) is 0 Å². The predicted octanol–water partition coefficient (Wildman–Crippen LogP) is 2.65. The molecular formula is C12H15ClN2O3. The lowest BCUT2D eigenvalue weighted by atomic mass is 10.1. The van der Waals surface area contributed by atoms with Gasteiger partial charge in [-0.2, -0.15) is 0 Å².